The summed E-state index contributed by atoms with van der Waals surface area (Å²) in [5, 5.41) is 0. The van der Waals surface area contributed by atoms with Crippen molar-refractivity contribution >= 4 is 57.2 Å². The number of benzene rings is 5. The van der Waals surface area contributed by atoms with Gasteiger partial charge in [0.25, 0.3) is 6.71 Å². The minimum atomic E-state index is -0.230. The number of halogens is 1. The zero-order chi connectivity index (χ0) is 22.6. The van der Waals surface area contributed by atoms with Crippen LogP contribution in [0.3, 0.4) is 0 Å². The highest BCUT2D eigenvalue weighted by Gasteiger charge is 2.42. The van der Waals surface area contributed by atoms with Crippen molar-refractivity contribution in [3.05, 3.63) is 127 Å². The number of hydrogen-bond acceptors (Lipinski definition) is 2. The van der Waals surface area contributed by atoms with E-state index in [0.29, 0.717) is 0 Å². The Morgan fingerprint density at radius 3 is 1.50 bits per heavy atom. The Morgan fingerprint density at radius 2 is 0.912 bits per heavy atom. The highest BCUT2D eigenvalue weighted by atomic mass is 19.1. The minimum Gasteiger partial charge on any atom is -0.311 e. The molecule has 0 fully saturated rings. The molecule has 4 heteroatoms. The van der Waals surface area contributed by atoms with Crippen LogP contribution in [-0.2, 0) is 0 Å². The van der Waals surface area contributed by atoms with Crippen molar-refractivity contribution in [3.8, 4) is 0 Å². The number of para-hydroxylation sites is 3. The molecule has 5 aromatic rings. The lowest BCUT2D eigenvalue weighted by atomic mass is 9.33. The molecule has 2 aliphatic heterocycles. The topological polar surface area (TPSA) is 6.48 Å². The van der Waals surface area contributed by atoms with E-state index in [-0.39, 0.29) is 12.5 Å². The summed E-state index contributed by atoms with van der Waals surface area (Å²) in [7, 11) is 0. The molecule has 0 aliphatic carbocycles. The molecule has 0 atom stereocenters. The molecule has 34 heavy (non-hydrogen) atoms. The smallest absolute Gasteiger partial charge is 0.252 e. The summed E-state index contributed by atoms with van der Waals surface area (Å²) in [5.74, 6) is -0.230. The monoisotopic (exact) mass is 438 g/mol. The van der Waals surface area contributed by atoms with E-state index in [1.54, 1.807) is 0 Å². The second-order valence-electron chi connectivity index (χ2n) is 8.74. The average molecular weight is 438 g/mol. The van der Waals surface area contributed by atoms with Crippen LogP contribution in [0.5, 0.6) is 0 Å². The highest BCUT2D eigenvalue weighted by Crippen LogP contribution is 2.43. The number of nitrogens with zero attached hydrogens (tertiary/aromatic N) is 2. The Morgan fingerprint density at radius 1 is 0.441 bits per heavy atom. The van der Waals surface area contributed by atoms with Gasteiger partial charge in [-0.2, -0.15) is 0 Å². The van der Waals surface area contributed by atoms with Gasteiger partial charge in [0.15, 0.2) is 0 Å². The second kappa shape index (κ2) is 7.36. The third-order valence-electron chi connectivity index (χ3n) is 6.91. The van der Waals surface area contributed by atoms with Gasteiger partial charge in [0.05, 0.1) is 0 Å². The Labute approximate surface area is 198 Å². The number of fused-ring (bicyclic) bond motifs is 4. The van der Waals surface area contributed by atoms with E-state index in [0.717, 1.165) is 22.7 Å². The van der Waals surface area contributed by atoms with Crippen molar-refractivity contribution in [2.75, 3.05) is 9.80 Å². The molecule has 7 rings (SSSR count). The lowest BCUT2D eigenvalue weighted by Crippen LogP contribution is -2.61. The molecule has 0 aromatic heterocycles. The van der Waals surface area contributed by atoms with Crippen molar-refractivity contribution in [1.82, 2.24) is 0 Å². The molecule has 5 aromatic carbocycles. The van der Waals surface area contributed by atoms with Crippen molar-refractivity contribution in [2.45, 2.75) is 0 Å². The van der Waals surface area contributed by atoms with Crippen LogP contribution in [0.2, 0.25) is 0 Å². The van der Waals surface area contributed by atoms with E-state index in [1.807, 2.05) is 12.1 Å². The Bertz CT molecular complexity index is 1530. The van der Waals surface area contributed by atoms with Gasteiger partial charge in [-0.3, -0.25) is 0 Å². The molecule has 160 valence electrons. The van der Waals surface area contributed by atoms with E-state index in [9.17, 15) is 4.39 Å². The van der Waals surface area contributed by atoms with Crippen LogP contribution in [0, 0.1) is 5.82 Å². The molecule has 0 N–H and O–H groups in total. The van der Waals surface area contributed by atoms with Gasteiger partial charge in [-0.25, -0.2) is 4.39 Å². The van der Waals surface area contributed by atoms with Gasteiger partial charge in [0.1, 0.15) is 5.82 Å². The summed E-state index contributed by atoms with van der Waals surface area (Å²) in [6.45, 7) is 0.121. The van der Waals surface area contributed by atoms with E-state index >= 15 is 0 Å². The lowest BCUT2D eigenvalue weighted by molar-refractivity contribution is 0.628. The quantitative estimate of drug-likeness (QED) is 0.310. The first-order valence-electron chi connectivity index (χ1n) is 11.5. The maximum Gasteiger partial charge on any atom is 0.252 e. The fraction of sp³-hybridized carbons (Fsp3) is 0. The zero-order valence-electron chi connectivity index (χ0n) is 18.4. The summed E-state index contributed by atoms with van der Waals surface area (Å²) in [5.41, 5.74) is 10.5. The van der Waals surface area contributed by atoms with Crippen LogP contribution in [-0.4, -0.2) is 6.71 Å². The molecule has 2 heterocycles. The van der Waals surface area contributed by atoms with E-state index in [1.165, 1.54) is 39.9 Å². The maximum absolute atomic E-state index is 13.8. The van der Waals surface area contributed by atoms with Crippen LogP contribution in [0.1, 0.15) is 0 Å². The maximum atomic E-state index is 13.8. The van der Waals surface area contributed by atoms with E-state index in [4.69, 9.17) is 0 Å². The molecule has 0 spiro atoms. The minimum absolute atomic E-state index is 0.121. The largest absolute Gasteiger partial charge is 0.311 e. The summed E-state index contributed by atoms with van der Waals surface area (Å²) < 4.78 is 13.8. The SMILES string of the molecule is Fc1ccc(N2c3ccccc3B3c4ccccc4N(c4ccccc4)c4cccc2c43)cc1. The molecular weight excluding hydrogens is 418 g/mol. The number of hydrogen-bond donors (Lipinski definition) is 0. The fourth-order valence-electron chi connectivity index (χ4n) is 5.56. The second-order valence-corrected chi connectivity index (χ2v) is 8.74. The average Bonchev–Trinajstić information content (AvgIpc) is 2.90. The van der Waals surface area contributed by atoms with Gasteiger partial charge in [0, 0.05) is 34.1 Å². The molecular formula is C30H20BFN2. The Hall–Kier alpha value is -4.31. The molecule has 0 amide bonds. The number of anilines is 6. The van der Waals surface area contributed by atoms with Gasteiger partial charge in [0.2, 0.25) is 0 Å². The fourth-order valence-corrected chi connectivity index (χ4v) is 5.56. The van der Waals surface area contributed by atoms with Gasteiger partial charge >= 0.3 is 0 Å². The van der Waals surface area contributed by atoms with Gasteiger partial charge in [-0.1, -0.05) is 60.7 Å². The van der Waals surface area contributed by atoms with Crippen LogP contribution in [0.25, 0.3) is 0 Å². The summed E-state index contributed by atoms with van der Waals surface area (Å²) in [6, 6.07) is 41.1. The zero-order valence-corrected chi connectivity index (χ0v) is 18.4. The standard InChI is InChI=1S/C30H20BFN2/c32-21-17-19-23(20-18-21)34-27-14-7-5-12-25(27)31-24-11-4-6-13-26(24)33(22-9-2-1-3-10-22)28-15-8-16-29(34)30(28)31/h1-20H. The molecule has 0 saturated carbocycles. The summed E-state index contributed by atoms with van der Waals surface area (Å²) in [4.78, 5) is 4.63. The van der Waals surface area contributed by atoms with Crippen molar-refractivity contribution in [2.24, 2.45) is 0 Å². The van der Waals surface area contributed by atoms with Gasteiger partial charge in [-0.05, 0) is 77.1 Å². The van der Waals surface area contributed by atoms with Crippen LogP contribution in [0.4, 0.5) is 38.5 Å². The molecule has 2 nitrogen and oxygen atoms in total. The molecule has 0 radical (unpaired) electrons. The lowest BCUT2D eigenvalue weighted by Gasteiger charge is -2.44. The van der Waals surface area contributed by atoms with Gasteiger partial charge < -0.3 is 9.80 Å². The molecule has 0 unspecified atom stereocenters. The van der Waals surface area contributed by atoms with E-state index < -0.39 is 0 Å². The first-order valence-corrected chi connectivity index (χ1v) is 11.5. The highest BCUT2D eigenvalue weighted by molar-refractivity contribution is 7.00. The first-order chi connectivity index (χ1) is 16.8. The first kappa shape index (κ1) is 19.2. The van der Waals surface area contributed by atoms with E-state index in [2.05, 4.69) is 107 Å². The van der Waals surface area contributed by atoms with Crippen molar-refractivity contribution in [3.63, 3.8) is 0 Å². The van der Waals surface area contributed by atoms with Crippen LogP contribution in [0.15, 0.2) is 121 Å². The van der Waals surface area contributed by atoms with Crippen LogP contribution >= 0.6 is 0 Å². The van der Waals surface area contributed by atoms with Crippen molar-refractivity contribution in [1.29, 1.82) is 0 Å². The third-order valence-corrected chi connectivity index (χ3v) is 6.91. The number of rotatable bonds is 2. The summed E-state index contributed by atoms with van der Waals surface area (Å²) in [6.07, 6.45) is 0. The summed E-state index contributed by atoms with van der Waals surface area (Å²) >= 11 is 0. The molecule has 2 aliphatic rings. The van der Waals surface area contributed by atoms with Crippen molar-refractivity contribution < 1.29 is 4.39 Å². The Kier molecular flexibility index (Phi) is 4.15. The molecule has 0 saturated heterocycles. The van der Waals surface area contributed by atoms with Crippen LogP contribution < -0.4 is 26.2 Å². The predicted octanol–water partition coefficient (Wildman–Crippen LogP) is 5.91. The third kappa shape index (κ3) is 2.69. The normalized spacial score (nSPS) is 13.3. The Balaban J connectivity index is 1.56. The molecule has 0 bridgehead atoms. The van der Waals surface area contributed by atoms with Gasteiger partial charge in [-0.15, -0.1) is 0 Å². The predicted molar refractivity (Wildman–Crippen MR) is 140 cm³/mol.